The maximum atomic E-state index is 11.6. The van der Waals surface area contributed by atoms with Gasteiger partial charge >= 0.3 is 0 Å². The first kappa shape index (κ1) is 16.0. The predicted molar refractivity (Wildman–Crippen MR) is 96.5 cm³/mol. The van der Waals surface area contributed by atoms with Gasteiger partial charge in [0.2, 0.25) is 5.91 Å². The molecule has 128 valence electrons. The fraction of sp³-hybridized carbons (Fsp3) is 0.556. The minimum absolute atomic E-state index is 0.0290. The highest BCUT2D eigenvalue weighted by Gasteiger charge is 2.32. The summed E-state index contributed by atoms with van der Waals surface area (Å²) in [4.78, 5) is 29.7. The van der Waals surface area contributed by atoms with Crippen molar-refractivity contribution in [3.05, 3.63) is 29.8 Å². The third-order valence-corrected chi connectivity index (χ3v) is 6.17. The number of aryl methyl sites for hydroxylation is 1. The normalized spacial score (nSPS) is 24.2. The molecule has 0 bridgehead atoms. The number of hydrogen-bond donors (Lipinski definition) is 0. The third-order valence-electron chi connectivity index (χ3n) is 5.31. The molecule has 3 heterocycles. The van der Waals surface area contributed by atoms with Crippen molar-refractivity contribution in [2.24, 2.45) is 0 Å². The molecule has 1 aromatic rings. The van der Waals surface area contributed by atoms with Gasteiger partial charge in [-0.05, 0) is 37.4 Å². The quantitative estimate of drug-likeness (QED) is 0.837. The molecule has 2 amide bonds. The van der Waals surface area contributed by atoms with Crippen molar-refractivity contribution in [2.75, 3.05) is 43.4 Å². The van der Waals surface area contributed by atoms with E-state index in [9.17, 15) is 9.59 Å². The van der Waals surface area contributed by atoms with Crippen LogP contribution in [0.5, 0.6) is 0 Å². The van der Waals surface area contributed by atoms with E-state index < -0.39 is 0 Å². The molecule has 5 nitrogen and oxygen atoms in total. The molecule has 0 N–H and O–H groups in total. The van der Waals surface area contributed by atoms with Gasteiger partial charge in [-0.25, -0.2) is 0 Å². The van der Waals surface area contributed by atoms with Crippen molar-refractivity contribution in [3.63, 3.8) is 0 Å². The Morgan fingerprint density at radius 3 is 2.83 bits per heavy atom. The Bertz CT molecular complexity index is 635. The number of nitrogens with zero attached hydrogens (tertiary/aromatic N) is 3. The molecule has 3 aliphatic rings. The summed E-state index contributed by atoms with van der Waals surface area (Å²) in [6.45, 7) is 4.75. The summed E-state index contributed by atoms with van der Waals surface area (Å²) in [6.07, 6.45) is 3.26. The smallest absolute Gasteiger partial charge is 0.288 e. The maximum absolute atomic E-state index is 11.6. The summed E-state index contributed by atoms with van der Waals surface area (Å²) >= 11 is 1.13. The Morgan fingerprint density at radius 2 is 2.00 bits per heavy atom. The highest BCUT2D eigenvalue weighted by Crippen LogP contribution is 2.32. The van der Waals surface area contributed by atoms with E-state index in [0.29, 0.717) is 18.3 Å². The zero-order valence-electron chi connectivity index (χ0n) is 13.8. The number of amides is 2. The number of thioether (sulfide) groups is 1. The number of rotatable bonds is 4. The van der Waals surface area contributed by atoms with Gasteiger partial charge in [0.25, 0.3) is 5.24 Å². The van der Waals surface area contributed by atoms with Crippen LogP contribution in [0, 0.1) is 0 Å². The van der Waals surface area contributed by atoms with E-state index in [1.165, 1.54) is 29.0 Å². The van der Waals surface area contributed by atoms with Crippen LogP contribution in [0.15, 0.2) is 24.3 Å². The maximum Gasteiger partial charge on any atom is 0.288 e. The number of anilines is 1. The third kappa shape index (κ3) is 3.05. The first-order valence-electron chi connectivity index (χ1n) is 8.76. The SMILES string of the molecule is O=C1CSC(=O)N1CCCN1CCN2c3ccccc3CCC2C1. The summed E-state index contributed by atoms with van der Waals surface area (Å²) in [5.74, 6) is 0.289. The average molecular weight is 345 g/mol. The molecule has 3 aliphatic heterocycles. The van der Waals surface area contributed by atoms with Crippen LogP contribution in [-0.2, 0) is 11.2 Å². The second-order valence-electron chi connectivity index (χ2n) is 6.77. The minimum atomic E-state index is -0.0753. The number of carbonyl (C=O) groups excluding carboxylic acids is 2. The van der Waals surface area contributed by atoms with Crippen LogP contribution in [0.25, 0.3) is 0 Å². The van der Waals surface area contributed by atoms with Gasteiger partial charge in [0.05, 0.1) is 5.75 Å². The van der Waals surface area contributed by atoms with Crippen LogP contribution < -0.4 is 4.90 Å². The number of hydrogen-bond acceptors (Lipinski definition) is 5. The van der Waals surface area contributed by atoms with Crippen molar-refractivity contribution in [1.29, 1.82) is 0 Å². The molecule has 24 heavy (non-hydrogen) atoms. The lowest BCUT2D eigenvalue weighted by molar-refractivity contribution is -0.124. The van der Waals surface area contributed by atoms with Gasteiger partial charge in [-0.15, -0.1) is 0 Å². The Hall–Kier alpha value is -1.53. The van der Waals surface area contributed by atoms with Crippen LogP contribution in [0.3, 0.4) is 0 Å². The fourth-order valence-corrected chi connectivity index (χ4v) is 4.81. The molecule has 0 saturated carbocycles. The topological polar surface area (TPSA) is 43.9 Å². The van der Waals surface area contributed by atoms with E-state index in [-0.39, 0.29) is 11.1 Å². The van der Waals surface area contributed by atoms with Crippen LogP contribution in [0.2, 0.25) is 0 Å². The molecule has 0 aromatic heterocycles. The zero-order chi connectivity index (χ0) is 16.5. The van der Waals surface area contributed by atoms with E-state index in [0.717, 1.165) is 44.4 Å². The number of imide groups is 1. The first-order chi connectivity index (χ1) is 11.7. The minimum Gasteiger partial charge on any atom is -0.366 e. The van der Waals surface area contributed by atoms with E-state index >= 15 is 0 Å². The standard InChI is InChI=1S/C18H23N3O2S/c22-17-13-24-18(23)21(17)9-3-8-19-10-11-20-15(12-19)7-6-14-4-1-2-5-16(14)20/h1-2,4-5,15H,3,6-13H2. The number of benzene rings is 1. The largest absolute Gasteiger partial charge is 0.366 e. The summed E-state index contributed by atoms with van der Waals surface area (Å²) in [5, 5.41) is -0.0753. The van der Waals surface area contributed by atoms with E-state index in [1.54, 1.807) is 0 Å². The highest BCUT2D eigenvalue weighted by atomic mass is 32.2. The molecular weight excluding hydrogens is 322 g/mol. The van der Waals surface area contributed by atoms with Gasteiger partial charge in [0.1, 0.15) is 0 Å². The molecule has 2 saturated heterocycles. The van der Waals surface area contributed by atoms with Crippen LogP contribution in [0.1, 0.15) is 18.4 Å². The molecule has 6 heteroatoms. The molecule has 0 radical (unpaired) electrons. The van der Waals surface area contributed by atoms with Crippen LogP contribution in [-0.4, -0.2) is 65.5 Å². The predicted octanol–water partition coefficient (Wildman–Crippen LogP) is 2.21. The van der Waals surface area contributed by atoms with Gasteiger partial charge in [0.15, 0.2) is 0 Å². The fourth-order valence-electron chi connectivity index (χ4n) is 4.06. The van der Waals surface area contributed by atoms with Gasteiger partial charge in [-0.1, -0.05) is 30.0 Å². The Kier molecular flexibility index (Phi) is 4.50. The lowest BCUT2D eigenvalue weighted by Gasteiger charge is -2.46. The monoisotopic (exact) mass is 345 g/mol. The van der Waals surface area contributed by atoms with Gasteiger partial charge < -0.3 is 4.90 Å². The van der Waals surface area contributed by atoms with Crippen molar-refractivity contribution in [1.82, 2.24) is 9.80 Å². The van der Waals surface area contributed by atoms with Gasteiger partial charge in [-0.3, -0.25) is 19.4 Å². The second-order valence-corrected chi connectivity index (χ2v) is 7.70. The number of carbonyl (C=O) groups is 2. The molecule has 0 spiro atoms. The van der Waals surface area contributed by atoms with Gasteiger partial charge in [-0.2, -0.15) is 0 Å². The van der Waals surface area contributed by atoms with E-state index in [1.807, 2.05) is 0 Å². The van der Waals surface area contributed by atoms with Gasteiger partial charge in [0, 0.05) is 37.9 Å². The van der Waals surface area contributed by atoms with Crippen molar-refractivity contribution >= 4 is 28.6 Å². The van der Waals surface area contributed by atoms with Crippen molar-refractivity contribution in [3.8, 4) is 0 Å². The van der Waals surface area contributed by atoms with Crippen molar-refractivity contribution in [2.45, 2.75) is 25.3 Å². The number of piperazine rings is 1. The Balaban J connectivity index is 1.30. The molecular formula is C18H23N3O2S. The summed E-state index contributed by atoms with van der Waals surface area (Å²) < 4.78 is 0. The average Bonchev–Trinajstić information content (AvgIpc) is 2.93. The summed E-state index contributed by atoms with van der Waals surface area (Å²) in [6, 6.07) is 9.36. The molecule has 4 rings (SSSR count). The molecule has 1 aromatic carbocycles. The first-order valence-corrected chi connectivity index (χ1v) is 9.75. The highest BCUT2D eigenvalue weighted by molar-refractivity contribution is 8.14. The summed E-state index contributed by atoms with van der Waals surface area (Å²) in [5.41, 5.74) is 2.89. The zero-order valence-corrected chi connectivity index (χ0v) is 14.6. The molecule has 2 fully saturated rings. The molecule has 0 aliphatic carbocycles. The summed E-state index contributed by atoms with van der Waals surface area (Å²) in [7, 11) is 0. The lowest BCUT2D eigenvalue weighted by Crippen LogP contribution is -2.55. The van der Waals surface area contributed by atoms with E-state index in [4.69, 9.17) is 0 Å². The lowest BCUT2D eigenvalue weighted by atomic mass is 9.94. The molecule has 1 atom stereocenters. The Morgan fingerprint density at radius 1 is 1.12 bits per heavy atom. The second kappa shape index (κ2) is 6.76. The van der Waals surface area contributed by atoms with Crippen LogP contribution in [0.4, 0.5) is 10.5 Å². The number of para-hydroxylation sites is 1. The number of fused-ring (bicyclic) bond motifs is 3. The Labute approximate surface area is 147 Å². The molecule has 1 unspecified atom stereocenters. The van der Waals surface area contributed by atoms with Crippen molar-refractivity contribution < 1.29 is 9.59 Å². The van der Waals surface area contributed by atoms with Crippen LogP contribution >= 0.6 is 11.8 Å². The van der Waals surface area contributed by atoms with E-state index in [2.05, 4.69) is 34.1 Å².